The van der Waals surface area contributed by atoms with Crippen LogP contribution in [0, 0.1) is 17.2 Å². The van der Waals surface area contributed by atoms with Crippen LogP contribution in [0.25, 0.3) is 0 Å². The zero-order chi connectivity index (χ0) is 24.0. The number of para-hydroxylation sites is 1. The van der Waals surface area contributed by atoms with E-state index in [1.54, 1.807) is 0 Å². The Morgan fingerprint density at radius 2 is 1.83 bits per heavy atom. The van der Waals surface area contributed by atoms with Crippen LogP contribution in [-0.4, -0.2) is 60.4 Å². The molecule has 7 nitrogen and oxygen atoms in total. The second kappa shape index (κ2) is 8.78. The van der Waals surface area contributed by atoms with Crippen LogP contribution in [0.3, 0.4) is 0 Å². The predicted molar refractivity (Wildman–Crippen MR) is 132 cm³/mol. The summed E-state index contributed by atoms with van der Waals surface area (Å²) in [4.78, 5) is 34.5. The zero-order valence-electron chi connectivity index (χ0n) is 19.9. The molecule has 35 heavy (non-hydrogen) atoms. The second-order valence-corrected chi connectivity index (χ2v) is 10.2. The molecule has 2 aromatic carbocycles. The van der Waals surface area contributed by atoms with E-state index in [9.17, 15) is 14.9 Å². The van der Waals surface area contributed by atoms with Gasteiger partial charge in [0.2, 0.25) is 5.91 Å². The lowest BCUT2D eigenvalue weighted by Gasteiger charge is -2.38. The summed E-state index contributed by atoms with van der Waals surface area (Å²) in [7, 11) is 0. The van der Waals surface area contributed by atoms with E-state index in [-0.39, 0.29) is 23.8 Å². The fraction of sp³-hybridized carbons (Fsp3) is 0.464. The van der Waals surface area contributed by atoms with Crippen LogP contribution in [0.15, 0.2) is 48.5 Å². The lowest BCUT2D eigenvalue weighted by atomic mass is 9.78. The van der Waals surface area contributed by atoms with Crippen molar-refractivity contribution in [2.45, 2.75) is 43.8 Å². The first-order chi connectivity index (χ1) is 17.1. The third-order valence-corrected chi connectivity index (χ3v) is 8.46. The number of nitrogens with zero attached hydrogens (tertiary/aromatic N) is 4. The normalized spacial score (nSPS) is 28.9. The number of carbonyl (C=O) groups excluding carboxylic acids is 2. The molecule has 3 saturated heterocycles. The largest absolute Gasteiger partial charge is 0.356 e. The van der Waals surface area contributed by atoms with Crippen molar-refractivity contribution in [2.24, 2.45) is 5.92 Å². The van der Waals surface area contributed by atoms with E-state index < -0.39 is 5.54 Å². The van der Waals surface area contributed by atoms with Gasteiger partial charge in [-0.2, -0.15) is 5.26 Å². The van der Waals surface area contributed by atoms with Crippen molar-refractivity contribution in [3.05, 3.63) is 65.2 Å². The molecule has 2 bridgehead atoms. The minimum atomic E-state index is -0.890. The Hall–Kier alpha value is -3.21. The van der Waals surface area contributed by atoms with E-state index in [4.69, 9.17) is 0 Å². The standard InChI is InChI=1S/C28H31N5O2/c29-18-20-7-1-2-8-21(20)19-31-13-6-12-30-26(34)24-17-22-9-5-14-33(22)28(24)23-10-3-4-11-25(23)32(16-15-31)27(28)35/h1-4,7-8,10-11,22,24H,5-6,9,12-17,19H2,(H,30,34)/t22-,24-,28+/m0/s1. The Balaban J connectivity index is 1.37. The minimum absolute atomic E-state index is 0.00588. The smallest absolute Gasteiger partial charge is 0.253 e. The molecule has 4 heterocycles. The third-order valence-electron chi connectivity index (χ3n) is 8.46. The number of rotatable bonds is 2. The Bertz CT molecular complexity index is 1210. The van der Waals surface area contributed by atoms with Gasteiger partial charge >= 0.3 is 0 Å². The number of anilines is 1. The van der Waals surface area contributed by atoms with Crippen molar-refractivity contribution in [1.82, 2.24) is 15.1 Å². The second-order valence-electron chi connectivity index (χ2n) is 10.2. The van der Waals surface area contributed by atoms with Gasteiger partial charge in [-0.15, -0.1) is 0 Å². The summed E-state index contributed by atoms with van der Waals surface area (Å²) in [5.74, 6) is -0.294. The van der Waals surface area contributed by atoms with Crippen LogP contribution in [0.5, 0.6) is 0 Å². The minimum Gasteiger partial charge on any atom is -0.356 e. The predicted octanol–water partition coefficient (Wildman–Crippen LogP) is 2.61. The van der Waals surface area contributed by atoms with Crippen molar-refractivity contribution in [1.29, 1.82) is 5.26 Å². The first-order valence-electron chi connectivity index (χ1n) is 12.8. The molecule has 0 aliphatic carbocycles. The van der Waals surface area contributed by atoms with Crippen molar-refractivity contribution < 1.29 is 9.59 Å². The molecular formula is C28H31N5O2. The number of hydrogen-bond acceptors (Lipinski definition) is 5. The number of nitrogens with one attached hydrogen (secondary N) is 1. The van der Waals surface area contributed by atoms with Crippen molar-refractivity contribution in [2.75, 3.05) is 37.6 Å². The monoisotopic (exact) mass is 469 g/mol. The third kappa shape index (κ3) is 3.39. The molecule has 7 heteroatoms. The van der Waals surface area contributed by atoms with Gasteiger partial charge in [0.1, 0.15) is 5.54 Å². The molecule has 0 saturated carbocycles. The lowest BCUT2D eigenvalue weighted by molar-refractivity contribution is -0.139. The summed E-state index contributed by atoms with van der Waals surface area (Å²) in [6.07, 6.45) is 3.69. The summed E-state index contributed by atoms with van der Waals surface area (Å²) in [5.41, 5.74) is 2.72. The van der Waals surface area contributed by atoms with Crippen LogP contribution in [-0.2, 0) is 21.7 Å². The van der Waals surface area contributed by atoms with E-state index in [1.165, 1.54) is 0 Å². The highest BCUT2D eigenvalue weighted by Crippen LogP contribution is 2.57. The van der Waals surface area contributed by atoms with Crippen molar-refractivity contribution >= 4 is 17.5 Å². The van der Waals surface area contributed by atoms with Gasteiger partial charge < -0.3 is 10.2 Å². The fourth-order valence-corrected chi connectivity index (χ4v) is 6.94. The van der Waals surface area contributed by atoms with E-state index in [1.807, 2.05) is 47.4 Å². The highest BCUT2D eigenvalue weighted by atomic mass is 16.2. The molecule has 0 radical (unpaired) electrons. The van der Waals surface area contributed by atoms with E-state index in [2.05, 4.69) is 27.3 Å². The van der Waals surface area contributed by atoms with Gasteiger partial charge in [0, 0.05) is 50.0 Å². The number of hydrogen-bond donors (Lipinski definition) is 1. The van der Waals surface area contributed by atoms with Crippen LogP contribution >= 0.6 is 0 Å². The van der Waals surface area contributed by atoms with E-state index in [0.29, 0.717) is 31.7 Å². The first kappa shape index (κ1) is 22.3. The van der Waals surface area contributed by atoms with Crippen LogP contribution in [0.4, 0.5) is 5.69 Å². The highest BCUT2D eigenvalue weighted by molar-refractivity contribution is 6.10. The number of amides is 2. The Kier molecular flexibility index (Phi) is 5.58. The molecule has 4 aliphatic rings. The summed E-state index contributed by atoms with van der Waals surface area (Å²) in [6, 6.07) is 18.4. The molecule has 180 valence electrons. The number of carbonyl (C=O) groups is 2. The molecule has 0 unspecified atom stereocenters. The first-order valence-corrected chi connectivity index (χ1v) is 12.8. The average Bonchev–Trinajstić information content (AvgIpc) is 3.53. The number of nitriles is 1. The van der Waals surface area contributed by atoms with Gasteiger partial charge in [0.05, 0.1) is 17.6 Å². The van der Waals surface area contributed by atoms with Gasteiger partial charge in [-0.3, -0.25) is 19.4 Å². The maximum Gasteiger partial charge on any atom is 0.253 e. The number of benzene rings is 2. The maximum atomic E-state index is 14.4. The van der Waals surface area contributed by atoms with E-state index >= 15 is 0 Å². The fourth-order valence-electron chi connectivity index (χ4n) is 6.94. The summed E-state index contributed by atoms with van der Waals surface area (Å²) < 4.78 is 0. The summed E-state index contributed by atoms with van der Waals surface area (Å²) >= 11 is 0. The van der Waals surface area contributed by atoms with Gasteiger partial charge in [0.15, 0.2) is 0 Å². The molecule has 0 aromatic heterocycles. The Labute approximate surface area is 206 Å². The van der Waals surface area contributed by atoms with Gasteiger partial charge in [-0.05, 0) is 49.9 Å². The molecule has 2 amide bonds. The van der Waals surface area contributed by atoms with Crippen LogP contribution < -0.4 is 10.2 Å². The topological polar surface area (TPSA) is 79.7 Å². The Morgan fingerprint density at radius 3 is 2.71 bits per heavy atom. The molecule has 1 N–H and O–H groups in total. The molecule has 4 aliphatic heterocycles. The summed E-state index contributed by atoms with van der Waals surface area (Å²) in [5, 5.41) is 12.7. The molecule has 1 spiro atoms. The molecule has 3 atom stereocenters. The molecular weight excluding hydrogens is 438 g/mol. The van der Waals surface area contributed by atoms with Crippen LogP contribution in [0.2, 0.25) is 0 Å². The molecule has 6 rings (SSSR count). The van der Waals surface area contributed by atoms with Crippen LogP contribution in [0.1, 0.15) is 42.4 Å². The quantitative estimate of drug-likeness (QED) is 0.732. The Morgan fingerprint density at radius 1 is 1.00 bits per heavy atom. The average molecular weight is 470 g/mol. The van der Waals surface area contributed by atoms with Gasteiger partial charge in [-0.1, -0.05) is 36.4 Å². The molecule has 3 fully saturated rings. The zero-order valence-corrected chi connectivity index (χ0v) is 19.9. The van der Waals surface area contributed by atoms with Crippen molar-refractivity contribution in [3.63, 3.8) is 0 Å². The SMILES string of the molecule is N#Cc1ccccc1CN1CCCNC(=O)[C@@H]2C[C@@H]3CCCN3[C@@]23C(=O)N(CC1)c1ccccc13. The van der Waals surface area contributed by atoms with Gasteiger partial charge in [0.25, 0.3) is 5.91 Å². The number of fused-ring (bicyclic) bond motifs is 4. The molecule has 2 aromatic rings. The lowest BCUT2D eigenvalue weighted by Crippen LogP contribution is -2.57. The highest BCUT2D eigenvalue weighted by Gasteiger charge is 2.67. The summed E-state index contributed by atoms with van der Waals surface area (Å²) in [6.45, 7) is 4.15. The maximum absolute atomic E-state index is 14.4. The van der Waals surface area contributed by atoms with Gasteiger partial charge in [-0.25, -0.2) is 0 Å². The van der Waals surface area contributed by atoms with Crippen molar-refractivity contribution in [3.8, 4) is 6.07 Å². The van der Waals surface area contributed by atoms with E-state index in [0.717, 1.165) is 55.6 Å².